The second kappa shape index (κ2) is 9.82. The van der Waals surface area contributed by atoms with Crippen molar-refractivity contribution in [3.63, 3.8) is 0 Å². The van der Waals surface area contributed by atoms with Crippen LogP contribution in [0, 0.1) is 6.92 Å². The zero-order valence-electron chi connectivity index (χ0n) is 18.8. The molecule has 174 valence electrons. The zero-order chi connectivity index (χ0) is 24.4. The Morgan fingerprint density at radius 3 is 2.71 bits per heavy atom. The quantitative estimate of drug-likeness (QED) is 0.323. The van der Waals surface area contributed by atoms with Gasteiger partial charge >= 0.3 is 0 Å². The molecule has 3 aromatic carbocycles. The molecule has 1 aliphatic heterocycles. The number of aryl methyl sites for hydroxylation is 1. The first-order valence-electron chi connectivity index (χ1n) is 10.9. The van der Waals surface area contributed by atoms with Gasteiger partial charge in [0.25, 0.3) is 5.91 Å². The molecule has 4 aromatic rings. The minimum Gasteiger partial charge on any atom is -0.337 e. The minimum absolute atomic E-state index is 0.129. The number of fused-ring (bicyclic) bond motifs is 1. The normalized spacial score (nSPS) is 15.7. The number of para-hydroxylation sites is 2. The van der Waals surface area contributed by atoms with Crippen LogP contribution in [-0.4, -0.2) is 21.5 Å². The number of hydrogen-bond acceptors (Lipinski definition) is 4. The smallest absolute Gasteiger partial charge is 0.264 e. The Hall–Kier alpha value is -3.81. The maximum absolute atomic E-state index is 12.7. The highest BCUT2D eigenvalue weighted by Crippen LogP contribution is 2.32. The summed E-state index contributed by atoms with van der Waals surface area (Å²) in [5.74, 6) is -0.345. The summed E-state index contributed by atoms with van der Waals surface area (Å²) in [6.45, 7) is 2.09. The van der Waals surface area contributed by atoms with E-state index in [1.165, 1.54) is 11.8 Å². The van der Waals surface area contributed by atoms with Gasteiger partial charge in [-0.05, 0) is 60.7 Å². The fourth-order valence-corrected chi connectivity index (χ4v) is 4.82. The van der Waals surface area contributed by atoms with Crippen molar-refractivity contribution >= 4 is 68.7 Å². The highest BCUT2D eigenvalue weighted by atomic mass is 35.5. The van der Waals surface area contributed by atoms with Gasteiger partial charge in [-0.2, -0.15) is 0 Å². The molecular formula is C27H21ClN4O2S. The summed E-state index contributed by atoms with van der Waals surface area (Å²) in [4.78, 5) is 30.4. The molecule has 0 spiro atoms. The number of halogens is 1. The molecule has 5 rings (SSSR count). The number of aliphatic imine (C=N–C) groups is 1. The average molecular weight is 501 g/mol. The lowest BCUT2D eigenvalue weighted by atomic mass is 10.1. The van der Waals surface area contributed by atoms with E-state index in [2.05, 4.69) is 15.6 Å². The number of amidine groups is 1. The van der Waals surface area contributed by atoms with Gasteiger partial charge in [-0.15, -0.1) is 0 Å². The second-order valence-electron chi connectivity index (χ2n) is 8.06. The highest BCUT2D eigenvalue weighted by molar-refractivity contribution is 8.18. The number of rotatable bonds is 5. The zero-order valence-corrected chi connectivity index (χ0v) is 20.4. The lowest BCUT2D eigenvalue weighted by Crippen LogP contribution is -2.19. The number of hydrogen-bond donors (Lipinski definition) is 2. The lowest BCUT2D eigenvalue weighted by molar-refractivity contribution is -0.117. The van der Waals surface area contributed by atoms with Crippen LogP contribution < -0.4 is 10.6 Å². The molecule has 1 aromatic heterocycles. The summed E-state index contributed by atoms with van der Waals surface area (Å²) in [5, 5.41) is 7.78. The van der Waals surface area contributed by atoms with Crippen LogP contribution in [0.5, 0.6) is 0 Å². The van der Waals surface area contributed by atoms with Crippen molar-refractivity contribution in [1.82, 2.24) is 9.88 Å². The molecule has 1 fully saturated rings. The fourth-order valence-electron chi connectivity index (χ4n) is 3.83. The van der Waals surface area contributed by atoms with E-state index in [4.69, 9.17) is 11.6 Å². The third-order valence-electron chi connectivity index (χ3n) is 5.52. The maximum Gasteiger partial charge on any atom is 0.264 e. The minimum atomic E-state index is -0.216. The highest BCUT2D eigenvalue weighted by Gasteiger charge is 2.25. The predicted octanol–water partition coefficient (Wildman–Crippen LogP) is 6.13. The molecule has 35 heavy (non-hydrogen) atoms. The topological polar surface area (TPSA) is 75.5 Å². The summed E-state index contributed by atoms with van der Waals surface area (Å²) >= 11 is 7.38. The van der Waals surface area contributed by atoms with E-state index in [-0.39, 0.29) is 18.4 Å². The maximum atomic E-state index is 12.7. The molecule has 0 atom stereocenters. The van der Waals surface area contributed by atoms with Crippen molar-refractivity contribution in [2.24, 2.45) is 4.99 Å². The predicted molar refractivity (Wildman–Crippen MR) is 144 cm³/mol. The molecule has 1 aliphatic rings. The molecule has 0 bridgehead atoms. The standard InChI is InChI=1S/C27H21ClN4O2S/c1-17-11-12-19(28)14-22(17)30-27-31-26(34)24(35-27)13-18-15-32(23-10-6-5-9-21(18)23)16-25(33)29-20-7-3-2-4-8-20/h2-15H,16H2,1H3,(H,29,33)(H,30,31,34)/b24-13+. The summed E-state index contributed by atoms with van der Waals surface area (Å²) in [5.41, 5.74) is 4.19. The molecule has 2 N–H and O–H groups in total. The molecule has 0 radical (unpaired) electrons. The van der Waals surface area contributed by atoms with E-state index in [1.54, 1.807) is 6.07 Å². The van der Waals surface area contributed by atoms with Crippen molar-refractivity contribution in [2.75, 3.05) is 5.32 Å². The monoisotopic (exact) mass is 500 g/mol. The van der Waals surface area contributed by atoms with Crippen molar-refractivity contribution in [1.29, 1.82) is 0 Å². The van der Waals surface area contributed by atoms with E-state index in [0.29, 0.717) is 20.8 Å². The first-order chi connectivity index (χ1) is 17.0. The van der Waals surface area contributed by atoms with Gasteiger partial charge in [-0.3, -0.25) is 9.59 Å². The van der Waals surface area contributed by atoms with E-state index in [0.717, 1.165) is 27.7 Å². The van der Waals surface area contributed by atoms with E-state index >= 15 is 0 Å². The number of amides is 2. The SMILES string of the molecule is Cc1ccc(Cl)cc1N=C1NC(=O)/C(=C\c2cn(CC(=O)Nc3ccccc3)c3ccccc23)S1. The summed E-state index contributed by atoms with van der Waals surface area (Å²) in [7, 11) is 0. The molecular weight excluding hydrogens is 480 g/mol. The number of aromatic nitrogens is 1. The Labute approximate surface area is 211 Å². The Kier molecular flexibility index (Phi) is 6.44. The second-order valence-corrected chi connectivity index (χ2v) is 9.52. The fraction of sp³-hybridized carbons (Fsp3) is 0.0741. The number of carbonyl (C=O) groups is 2. The van der Waals surface area contributed by atoms with Crippen molar-refractivity contribution in [3.8, 4) is 0 Å². The van der Waals surface area contributed by atoms with Crippen LogP contribution in [0.25, 0.3) is 17.0 Å². The Morgan fingerprint density at radius 2 is 1.89 bits per heavy atom. The summed E-state index contributed by atoms with van der Waals surface area (Å²) < 4.78 is 1.89. The van der Waals surface area contributed by atoms with Crippen LogP contribution in [0.1, 0.15) is 11.1 Å². The van der Waals surface area contributed by atoms with Crippen LogP contribution >= 0.6 is 23.4 Å². The Balaban J connectivity index is 1.41. The van der Waals surface area contributed by atoms with Gasteiger partial charge in [-0.1, -0.05) is 54.1 Å². The summed E-state index contributed by atoms with van der Waals surface area (Å²) in [6.07, 6.45) is 3.73. The van der Waals surface area contributed by atoms with Crippen LogP contribution in [0.4, 0.5) is 11.4 Å². The molecule has 0 aliphatic carbocycles. The van der Waals surface area contributed by atoms with Crippen LogP contribution in [0.15, 0.2) is 88.9 Å². The summed E-state index contributed by atoms with van der Waals surface area (Å²) in [6, 6.07) is 22.6. The van der Waals surface area contributed by atoms with Gasteiger partial charge in [0, 0.05) is 33.4 Å². The van der Waals surface area contributed by atoms with Crippen LogP contribution in [-0.2, 0) is 16.1 Å². The third kappa shape index (κ3) is 5.16. The number of carbonyl (C=O) groups excluding carboxylic acids is 2. The van der Waals surface area contributed by atoms with E-state index in [1.807, 2.05) is 90.5 Å². The number of anilines is 1. The van der Waals surface area contributed by atoms with Crippen LogP contribution in [0.2, 0.25) is 5.02 Å². The third-order valence-corrected chi connectivity index (χ3v) is 6.67. The molecule has 1 saturated heterocycles. The van der Waals surface area contributed by atoms with Gasteiger partial charge in [0.1, 0.15) is 6.54 Å². The number of nitrogens with zero attached hydrogens (tertiary/aromatic N) is 2. The Bertz CT molecular complexity index is 1510. The van der Waals surface area contributed by atoms with E-state index in [9.17, 15) is 9.59 Å². The molecule has 6 nitrogen and oxygen atoms in total. The molecule has 0 saturated carbocycles. The van der Waals surface area contributed by atoms with E-state index < -0.39 is 0 Å². The lowest BCUT2D eigenvalue weighted by Gasteiger charge is -2.07. The van der Waals surface area contributed by atoms with Gasteiger partial charge < -0.3 is 15.2 Å². The van der Waals surface area contributed by atoms with Crippen molar-refractivity contribution in [3.05, 3.63) is 100 Å². The first-order valence-corrected chi connectivity index (χ1v) is 12.1. The van der Waals surface area contributed by atoms with Gasteiger partial charge in [0.2, 0.25) is 5.91 Å². The molecule has 8 heteroatoms. The molecule has 0 unspecified atom stereocenters. The van der Waals surface area contributed by atoms with Crippen molar-refractivity contribution < 1.29 is 9.59 Å². The average Bonchev–Trinajstić information content (AvgIpc) is 3.36. The van der Waals surface area contributed by atoms with Crippen molar-refractivity contribution in [2.45, 2.75) is 13.5 Å². The molecule has 2 heterocycles. The number of nitrogens with one attached hydrogen (secondary N) is 2. The first kappa shape index (κ1) is 23.0. The number of thioether (sulfide) groups is 1. The molecule has 2 amide bonds. The van der Waals surface area contributed by atoms with Gasteiger partial charge in [-0.25, -0.2) is 4.99 Å². The van der Waals surface area contributed by atoms with Gasteiger partial charge in [0.15, 0.2) is 5.17 Å². The largest absolute Gasteiger partial charge is 0.337 e. The van der Waals surface area contributed by atoms with Crippen LogP contribution in [0.3, 0.4) is 0 Å². The number of benzene rings is 3. The van der Waals surface area contributed by atoms with Gasteiger partial charge in [0.05, 0.1) is 10.6 Å². The Morgan fingerprint density at radius 1 is 1.11 bits per heavy atom.